The Balaban J connectivity index is 1.60. The molecule has 1 heterocycles. The highest BCUT2D eigenvalue weighted by atomic mass is 35.5. The number of anilines is 1. The van der Waals surface area contributed by atoms with Gasteiger partial charge in [0.05, 0.1) is 0 Å². The lowest BCUT2D eigenvalue weighted by Gasteiger charge is -2.06. The highest BCUT2D eigenvalue weighted by Gasteiger charge is 2.11. The number of amides is 2. The first-order chi connectivity index (χ1) is 12.5. The quantitative estimate of drug-likeness (QED) is 0.685. The molecule has 0 radical (unpaired) electrons. The van der Waals surface area contributed by atoms with Crippen molar-refractivity contribution in [1.29, 1.82) is 0 Å². The monoisotopic (exact) mass is 385 g/mol. The molecule has 2 amide bonds. The average molecular weight is 386 g/mol. The van der Waals surface area contributed by atoms with E-state index >= 15 is 0 Å². The number of rotatable bonds is 5. The molecule has 0 aliphatic heterocycles. The van der Waals surface area contributed by atoms with E-state index in [1.165, 1.54) is 18.3 Å². The molecular formula is C19H16ClN3O2S. The molecule has 132 valence electrons. The van der Waals surface area contributed by atoms with Crippen LogP contribution in [0.3, 0.4) is 0 Å². The van der Waals surface area contributed by atoms with Gasteiger partial charge in [0, 0.05) is 35.1 Å². The zero-order valence-electron chi connectivity index (χ0n) is 14.0. The van der Waals surface area contributed by atoms with E-state index in [0.29, 0.717) is 17.3 Å². The standard InChI is InChI=1S/C19H16ClN3O2S/c1-12(24)22-16-8-2-13(3-9-16)10-21-18(25)17-11-26-19(23-17)14-4-6-15(20)7-5-14/h2-9,11H,10H2,1H3,(H,21,25)(H,22,24). The van der Waals surface area contributed by atoms with Gasteiger partial charge in [0.1, 0.15) is 10.7 Å². The van der Waals surface area contributed by atoms with Crippen molar-refractivity contribution >= 4 is 40.4 Å². The summed E-state index contributed by atoms with van der Waals surface area (Å²) in [6.45, 7) is 1.84. The van der Waals surface area contributed by atoms with Crippen LogP contribution in [0.5, 0.6) is 0 Å². The number of hydrogen-bond donors (Lipinski definition) is 2. The van der Waals surface area contributed by atoms with Crippen molar-refractivity contribution in [2.45, 2.75) is 13.5 Å². The van der Waals surface area contributed by atoms with E-state index in [1.54, 1.807) is 29.6 Å². The molecule has 1 aromatic heterocycles. The van der Waals surface area contributed by atoms with E-state index in [0.717, 1.165) is 21.8 Å². The number of benzene rings is 2. The zero-order valence-corrected chi connectivity index (χ0v) is 15.5. The molecule has 0 fully saturated rings. The predicted octanol–water partition coefficient (Wildman–Crippen LogP) is 4.35. The zero-order chi connectivity index (χ0) is 18.5. The van der Waals surface area contributed by atoms with Crippen LogP contribution in [-0.4, -0.2) is 16.8 Å². The van der Waals surface area contributed by atoms with E-state index < -0.39 is 0 Å². The number of carbonyl (C=O) groups excluding carboxylic acids is 2. The number of halogens is 1. The second-order valence-electron chi connectivity index (χ2n) is 5.61. The topological polar surface area (TPSA) is 71.1 Å². The van der Waals surface area contributed by atoms with Crippen molar-refractivity contribution in [2.24, 2.45) is 0 Å². The van der Waals surface area contributed by atoms with Crippen molar-refractivity contribution in [3.05, 3.63) is 70.2 Å². The molecule has 0 saturated heterocycles. The van der Waals surface area contributed by atoms with Crippen molar-refractivity contribution in [2.75, 3.05) is 5.32 Å². The molecule has 3 aromatic rings. The first kappa shape index (κ1) is 18.1. The number of nitrogens with one attached hydrogen (secondary N) is 2. The fourth-order valence-electron chi connectivity index (χ4n) is 2.29. The van der Waals surface area contributed by atoms with Crippen LogP contribution < -0.4 is 10.6 Å². The van der Waals surface area contributed by atoms with E-state index in [9.17, 15) is 9.59 Å². The van der Waals surface area contributed by atoms with Gasteiger partial charge in [-0.1, -0.05) is 35.9 Å². The van der Waals surface area contributed by atoms with Crippen molar-refractivity contribution in [3.8, 4) is 10.6 Å². The second kappa shape index (κ2) is 8.12. The van der Waals surface area contributed by atoms with Gasteiger partial charge in [-0.05, 0) is 29.8 Å². The fraction of sp³-hybridized carbons (Fsp3) is 0.105. The van der Waals surface area contributed by atoms with Gasteiger partial charge in [0.25, 0.3) is 5.91 Å². The van der Waals surface area contributed by atoms with Gasteiger partial charge >= 0.3 is 0 Å². The van der Waals surface area contributed by atoms with Crippen molar-refractivity contribution < 1.29 is 9.59 Å². The van der Waals surface area contributed by atoms with E-state index in [-0.39, 0.29) is 11.8 Å². The van der Waals surface area contributed by atoms with Gasteiger partial charge in [-0.15, -0.1) is 11.3 Å². The first-order valence-corrected chi connectivity index (χ1v) is 9.13. The van der Waals surface area contributed by atoms with Gasteiger partial charge in [-0.2, -0.15) is 0 Å². The number of carbonyl (C=O) groups is 2. The Bertz CT molecular complexity index is 921. The van der Waals surface area contributed by atoms with Gasteiger partial charge < -0.3 is 10.6 Å². The summed E-state index contributed by atoms with van der Waals surface area (Å²) in [5, 5.41) is 8.71. The Morgan fingerprint density at radius 1 is 1.08 bits per heavy atom. The minimum absolute atomic E-state index is 0.119. The summed E-state index contributed by atoms with van der Waals surface area (Å²) in [6.07, 6.45) is 0. The summed E-state index contributed by atoms with van der Waals surface area (Å²) < 4.78 is 0. The molecule has 0 bridgehead atoms. The molecule has 5 nitrogen and oxygen atoms in total. The van der Waals surface area contributed by atoms with Crippen LogP contribution >= 0.6 is 22.9 Å². The lowest BCUT2D eigenvalue weighted by atomic mass is 10.2. The van der Waals surface area contributed by atoms with E-state index in [1.807, 2.05) is 24.3 Å². The first-order valence-electron chi connectivity index (χ1n) is 7.87. The maximum Gasteiger partial charge on any atom is 0.271 e. The summed E-state index contributed by atoms with van der Waals surface area (Å²) in [6, 6.07) is 14.6. The van der Waals surface area contributed by atoms with Gasteiger partial charge in [0.15, 0.2) is 0 Å². The Morgan fingerprint density at radius 3 is 2.42 bits per heavy atom. The van der Waals surface area contributed by atoms with E-state index in [2.05, 4.69) is 15.6 Å². The smallest absolute Gasteiger partial charge is 0.271 e. The third-order valence-electron chi connectivity index (χ3n) is 3.56. The molecule has 26 heavy (non-hydrogen) atoms. The summed E-state index contributed by atoms with van der Waals surface area (Å²) in [5.41, 5.74) is 2.96. The number of thiazole rings is 1. The van der Waals surface area contributed by atoms with Crippen LogP contribution in [0.1, 0.15) is 23.0 Å². The lowest BCUT2D eigenvalue weighted by molar-refractivity contribution is -0.114. The van der Waals surface area contributed by atoms with Crippen LogP contribution in [0, 0.1) is 0 Å². The third-order valence-corrected chi connectivity index (χ3v) is 4.70. The van der Waals surface area contributed by atoms with Crippen molar-refractivity contribution in [1.82, 2.24) is 10.3 Å². The van der Waals surface area contributed by atoms with Crippen LogP contribution in [-0.2, 0) is 11.3 Å². The Kier molecular flexibility index (Phi) is 5.65. The molecule has 0 unspecified atom stereocenters. The fourth-order valence-corrected chi connectivity index (χ4v) is 3.22. The molecule has 3 rings (SSSR count). The summed E-state index contributed by atoms with van der Waals surface area (Å²) in [5.74, 6) is -0.349. The SMILES string of the molecule is CC(=O)Nc1ccc(CNC(=O)c2csc(-c3ccc(Cl)cc3)n2)cc1. The minimum atomic E-state index is -0.229. The molecule has 0 aliphatic rings. The van der Waals surface area contributed by atoms with Gasteiger partial charge in [-0.25, -0.2) is 4.98 Å². The Morgan fingerprint density at radius 2 is 1.77 bits per heavy atom. The van der Waals surface area contributed by atoms with Crippen LogP contribution in [0.15, 0.2) is 53.9 Å². The third kappa shape index (κ3) is 4.68. The highest BCUT2D eigenvalue weighted by molar-refractivity contribution is 7.13. The average Bonchev–Trinajstić information content (AvgIpc) is 3.11. The normalized spacial score (nSPS) is 10.4. The Hall–Kier alpha value is -2.70. The van der Waals surface area contributed by atoms with Crippen molar-refractivity contribution in [3.63, 3.8) is 0 Å². The minimum Gasteiger partial charge on any atom is -0.347 e. The summed E-state index contributed by atoms with van der Waals surface area (Å²) >= 11 is 7.30. The maximum absolute atomic E-state index is 12.3. The molecule has 0 aliphatic carbocycles. The predicted molar refractivity (Wildman–Crippen MR) is 104 cm³/mol. The molecule has 0 saturated carbocycles. The lowest BCUT2D eigenvalue weighted by Crippen LogP contribution is -2.23. The molecule has 0 spiro atoms. The summed E-state index contributed by atoms with van der Waals surface area (Å²) in [4.78, 5) is 27.7. The number of aromatic nitrogens is 1. The Labute approximate surface area is 160 Å². The largest absolute Gasteiger partial charge is 0.347 e. The van der Waals surface area contributed by atoms with Crippen LogP contribution in [0.25, 0.3) is 10.6 Å². The van der Waals surface area contributed by atoms with Crippen LogP contribution in [0.4, 0.5) is 5.69 Å². The molecule has 7 heteroatoms. The maximum atomic E-state index is 12.3. The highest BCUT2D eigenvalue weighted by Crippen LogP contribution is 2.25. The molecule has 0 atom stereocenters. The number of nitrogens with zero attached hydrogens (tertiary/aromatic N) is 1. The summed E-state index contributed by atoms with van der Waals surface area (Å²) in [7, 11) is 0. The molecule has 2 N–H and O–H groups in total. The van der Waals surface area contributed by atoms with Crippen LogP contribution in [0.2, 0.25) is 5.02 Å². The number of hydrogen-bond acceptors (Lipinski definition) is 4. The molecular weight excluding hydrogens is 370 g/mol. The molecule has 2 aromatic carbocycles. The van der Waals surface area contributed by atoms with Gasteiger partial charge in [-0.3, -0.25) is 9.59 Å². The van der Waals surface area contributed by atoms with E-state index in [4.69, 9.17) is 11.6 Å². The second-order valence-corrected chi connectivity index (χ2v) is 6.90. The van der Waals surface area contributed by atoms with Gasteiger partial charge in [0.2, 0.25) is 5.91 Å².